The largest absolute Gasteiger partial charge is 0.478 e. The Morgan fingerprint density at radius 3 is 2.32 bits per heavy atom. The lowest BCUT2D eigenvalue weighted by atomic mass is 10.1. The predicted octanol–water partition coefficient (Wildman–Crippen LogP) is 3.25. The van der Waals surface area contributed by atoms with Crippen LogP contribution in [0.25, 0.3) is 0 Å². The standard InChI is InChI=1S/C14H14N2O2S/c1-8-4-6-11(7-5-8)19-13-12(14(17)18)9(2)10(3)15-16-13/h4-7H,1-3H3,(H,17,18). The summed E-state index contributed by atoms with van der Waals surface area (Å²) >= 11 is 1.32. The van der Waals surface area contributed by atoms with E-state index >= 15 is 0 Å². The van der Waals surface area contributed by atoms with E-state index in [1.807, 2.05) is 31.2 Å². The second-order valence-corrected chi connectivity index (χ2v) is 5.37. The van der Waals surface area contributed by atoms with Gasteiger partial charge in [0, 0.05) is 4.90 Å². The fraction of sp³-hybridized carbons (Fsp3) is 0.214. The molecule has 0 saturated heterocycles. The molecule has 0 saturated carbocycles. The first kappa shape index (κ1) is 13.5. The molecule has 1 aromatic heterocycles. The monoisotopic (exact) mass is 274 g/mol. The molecule has 5 heteroatoms. The van der Waals surface area contributed by atoms with Gasteiger partial charge in [-0.05, 0) is 38.5 Å². The molecule has 0 bridgehead atoms. The first-order chi connectivity index (χ1) is 8.99. The number of carboxylic acid groups (broad SMARTS) is 1. The molecule has 1 aromatic carbocycles. The topological polar surface area (TPSA) is 63.1 Å². The number of rotatable bonds is 3. The molecule has 19 heavy (non-hydrogen) atoms. The van der Waals surface area contributed by atoms with Crippen molar-refractivity contribution in [2.75, 3.05) is 0 Å². The fourth-order valence-electron chi connectivity index (χ4n) is 1.63. The Balaban J connectivity index is 2.42. The van der Waals surface area contributed by atoms with Gasteiger partial charge < -0.3 is 5.11 Å². The molecule has 4 nitrogen and oxygen atoms in total. The maximum atomic E-state index is 11.4. The van der Waals surface area contributed by atoms with Crippen LogP contribution in [0.4, 0.5) is 0 Å². The minimum Gasteiger partial charge on any atom is -0.478 e. The number of hydrogen-bond donors (Lipinski definition) is 1. The summed E-state index contributed by atoms with van der Waals surface area (Å²) in [5, 5.41) is 17.8. The van der Waals surface area contributed by atoms with Gasteiger partial charge in [0.25, 0.3) is 0 Å². The lowest BCUT2D eigenvalue weighted by Gasteiger charge is -2.08. The average molecular weight is 274 g/mol. The van der Waals surface area contributed by atoms with E-state index in [0.717, 1.165) is 10.5 Å². The van der Waals surface area contributed by atoms with Crippen LogP contribution in [0.5, 0.6) is 0 Å². The molecule has 0 aliphatic heterocycles. The minimum absolute atomic E-state index is 0.234. The first-order valence-electron chi connectivity index (χ1n) is 5.80. The lowest BCUT2D eigenvalue weighted by Crippen LogP contribution is -2.07. The summed E-state index contributed by atoms with van der Waals surface area (Å²) in [5.74, 6) is -0.967. The van der Waals surface area contributed by atoms with Crippen molar-refractivity contribution in [3.63, 3.8) is 0 Å². The second-order valence-electron chi connectivity index (χ2n) is 4.31. The van der Waals surface area contributed by atoms with E-state index in [0.29, 0.717) is 16.3 Å². The van der Waals surface area contributed by atoms with Crippen LogP contribution in [0, 0.1) is 20.8 Å². The Kier molecular flexibility index (Phi) is 3.85. The van der Waals surface area contributed by atoms with Crippen molar-refractivity contribution < 1.29 is 9.90 Å². The number of aromatic carboxylic acids is 1. The molecule has 0 atom stereocenters. The van der Waals surface area contributed by atoms with Crippen LogP contribution in [0.15, 0.2) is 34.2 Å². The summed E-state index contributed by atoms with van der Waals surface area (Å²) < 4.78 is 0. The van der Waals surface area contributed by atoms with Gasteiger partial charge >= 0.3 is 5.97 Å². The summed E-state index contributed by atoms with van der Waals surface area (Å²) in [6.07, 6.45) is 0. The highest BCUT2D eigenvalue weighted by Gasteiger charge is 2.18. The van der Waals surface area contributed by atoms with Crippen molar-refractivity contribution in [2.45, 2.75) is 30.7 Å². The van der Waals surface area contributed by atoms with Crippen molar-refractivity contribution >= 4 is 17.7 Å². The van der Waals surface area contributed by atoms with Crippen molar-refractivity contribution in [3.05, 3.63) is 46.6 Å². The summed E-state index contributed by atoms with van der Waals surface area (Å²) in [7, 11) is 0. The lowest BCUT2D eigenvalue weighted by molar-refractivity contribution is 0.0690. The molecule has 1 heterocycles. The average Bonchev–Trinajstić information content (AvgIpc) is 2.36. The van der Waals surface area contributed by atoms with E-state index in [1.165, 1.54) is 11.8 Å². The SMILES string of the molecule is Cc1ccc(Sc2nnc(C)c(C)c2C(=O)O)cc1. The first-order valence-corrected chi connectivity index (χ1v) is 6.62. The number of benzene rings is 1. The molecular weight excluding hydrogens is 260 g/mol. The Bertz CT molecular complexity index is 624. The highest BCUT2D eigenvalue weighted by Crippen LogP contribution is 2.30. The number of nitrogens with zero attached hydrogens (tertiary/aromatic N) is 2. The van der Waals surface area contributed by atoms with Crippen LogP contribution in [0.1, 0.15) is 27.2 Å². The second kappa shape index (κ2) is 5.40. The van der Waals surface area contributed by atoms with Crippen molar-refractivity contribution in [1.82, 2.24) is 10.2 Å². The number of aryl methyl sites for hydroxylation is 2. The van der Waals surface area contributed by atoms with Gasteiger partial charge in [-0.15, -0.1) is 5.10 Å². The molecule has 0 aliphatic carbocycles. The van der Waals surface area contributed by atoms with Gasteiger partial charge in [0.05, 0.1) is 11.3 Å². The van der Waals surface area contributed by atoms with E-state index in [4.69, 9.17) is 0 Å². The number of carbonyl (C=O) groups is 1. The van der Waals surface area contributed by atoms with Crippen LogP contribution in [-0.2, 0) is 0 Å². The Morgan fingerprint density at radius 1 is 1.11 bits per heavy atom. The number of carboxylic acids is 1. The van der Waals surface area contributed by atoms with Crippen LogP contribution >= 0.6 is 11.8 Å². The third-order valence-electron chi connectivity index (χ3n) is 2.87. The Labute approximate surface area is 115 Å². The van der Waals surface area contributed by atoms with Crippen molar-refractivity contribution in [2.24, 2.45) is 0 Å². The van der Waals surface area contributed by atoms with Crippen molar-refractivity contribution in [1.29, 1.82) is 0 Å². The van der Waals surface area contributed by atoms with Gasteiger partial charge in [0.15, 0.2) is 0 Å². The zero-order chi connectivity index (χ0) is 14.0. The Morgan fingerprint density at radius 2 is 1.74 bits per heavy atom. The molecule has 0 fully saturated rings. The van der Waals surface area contributed by atoms with Crippen LogP contribution in [0.2, 0.25) is 0 Å². The van der Waals surface area contributed by atoms with Gasteiger partial charge in [-0.3, -0.25) is 0 Å². The summed E-state index contributed by atoms with van der Waals surface area (Å²) in [6.45, 7) is 5.52. The molecule has 0 radical (unpaired) electrons. The Hall–Kier alpha value is -1.88. The normalized spacial score (nSPS) is 10.5. The van der Waals surface area contributed by atoms with Gasteiger partial charge in [-0.1, -0.05) is 29.5 Å². The zero-order valence-corrected chi connectivity index (χ0v) is 11.8. The molecule has 1 N–H and O–H groups in total. The van der Waals surface area contributed by atoms with E-state index in [2.05, 4.69) is 10.2 Å². The van der Waals surface area contributed by atoms with Crippen LogP contribution in [-0.4, -0.2) is 21.3 Å². The smallest absolute Gasteiger partial charge is 0.338 e. The summed E-state index contributed by atoms with van der Waals surface area (Å²) in [4.78, 5) is 12.3. The predicted molar refractivity (Wildman–Crippen MR) is 73.8 cm³/mol. The molecular formula is C14H14N2O2S. The highest BCUT2D eigenvalue weighted by atomic mass is 32.2. The number of aromatic nitrogens is 2. The van der Waals surface area contributed by atoms with Gasteiger partial charge in [-0.25, -0.2) is 4.79 Å². The molecule has 2 aromatic rings. The third-order valence-corrected chi connectivity index (χ3v) is 3.86. The van der Waals surface area contributed by atoms with Gasteiger partial charge in [0.2, 0.25) is 0 Å². The maximum absolute atomic E-state index is 11.4. The van der Waals surface area contributed by atoms with Crippen LogP contribution in [0.3, 0.4) is 0 Å². The van der Waals surface area contributed by atoms with E-state index < -0.39 is 5.97 Å². The fourth-order valence-corrected chi connectivity index (χ4v) is 2.55. The van der Waals surface area contributed by atoms with Crippen molar-refractivity contribution in [3.8, 4) is 0 Å². The molecule has 0 aliphatic rings. The molecule has 0 spiro atoms. The molecule has 0 amide bonds. The maximum Gasteiger partial charge on any atom is 0.338 e. The number of hydrogen-bond acceptors (Lipinski definition) is 4. The minimum atomic E-state index is -0.967. The van der Waals surface area contributed by atoms with Crippen LogP contribution < -0.4 is 0 Å². The van der Waals surface area contributed by atoms with E-state index in [9.17, 15) is 9.90 Å². The van der Waals surface area contributed by atoms with E-state index in [1.54, 1.807) is 13.8 Å². The van der Waals surface area contributed by atoms with Gasteiger partial charge in [-0.2, -0.15) is 5.10 Å². The zero-order valence-electron chi connectivity index (χ0n) is 11.0. The third kappa shape index (κ3) is 2.93. The molecule has 2 rings (SSSR count). The molecule has 98 valence electrons. The summed E-state index contributed by atoms with van der Waals surface area (Å²) in [5.41, 5.74) is 2.70. The van der Waals surface area contributed by atoms with E-state index in [-0.39, 0.29) is 5.56 Å². The van der Waals surface area contributed by atoms with Gasteiger partial charge in [0.1, 0.15) is 5.03 Å². The quantitative estimate of drug-likeness (QED) is 0.930. The molecule has 0 unspecified atom stereocenters. The highest BCUT2D eigenvalue weighted by molar-refractivity contribution is 7.99. The summed E-state index contributed by atoms with van der Waals surface area (Å²) in [6, 6.07) is 7.86.